The molecule has 2 heterocycles. The van der Waals surface area contributed by atoms with Gasteiger partial charge in [-0.25, -0.2) is 0 Å². The molecule has 1 aliphatic rings. The van der Waals surface area contributed by atoms with Crippen LogP contribution in [0.2, 0.25) is 0 Å². The van der Waals surface area contributed by atoms with Gasteiger partial charge in [-0.05, 0) is 18.9 Å². The highest BCUT2D eigenvalue weighted by molar-refractivity contribution is 7.71. The third-order valence-electron chi connectivity index (χ3n) is 2.76. The van der Waals surface area contributed by atoms with E-state index in [2.05, 4.69) is 14.9 Å². The number of aryl methyl sites for hydroxylation is 1. The van der Waals surface area contributed by atoms with E-state index in [4.69, 9.17) is 12.2 Å². The molecule has 15 heavy (non-hydrogen) atoms. The molecule has 3 rings (SSSR count). The van der Waals surface area contributed by atoms with Crippen LogP contribution in [0.25, 0.3) is 11.4 Å². The zero-order valence-electron chi connectivity index (χ0n) is 8.47. The molecule has 1 fully saturated rings. The van der Waals surface area contributed by atoms with Crippen LogP contribution in [0, 0.1) is 4.64 Å². The second-order valence-electron chi connectivity index (χ2n) is 3.95. The summed E-state index contributed by atoms with van der Waals surface area (Å²) in [5.74, 6) is 0. The van der Waals surface area contributed by atoms with E-state index in [-0.39, 0.29) is 0 Å². The number of nitrogens with one attached hydrogen (secondary N) is 1. The first-order valence-corrected chi connectivity index (χ1v) is 5.46. The van der Waals surface area contributed by atoms with Gasteiger partial charge in [-0.1, -0.05) is 12.2 Å². The molecule has 0 aliphatic heterocycles. The van der Waals surface area contributed by atoms with Gasteiger partial charge in [-0.15, -0.1) is 0 Å². The van der Waals surface area contributed by atoms with Crippen LogP contribution >= 0.6 is 12.2 Å². The van der Waals surface area contributed by atoms with Crippen LogP contribution in [0.3, 0.4) is 0 Å². The molecular formula is C10H12N4S. The van der Waals surface area contributed by atoms with Crippen molar-refractivity contribution < 1.29 is 0 Å². The maximum Gasteiger partial charge on any atom is 0.122 e. The molecule has 5 heteroatoms. The van der Waals surface area contributed by atoms with Gasteiger partial charge in [0, 0.05) is 19.3 Å². The highest BCUT2D eigenvalue weighted by Gasteiger charge is 2.25. The predicted octanol–water partition coefficient (Wildman–Crippen LogP) is 2.28. The average Bonchev–Trinajstić information content (AvgIpc) is 2.85. The van der Waals surface area contributed by atoms with Gasteiger partial charge in [0.15, 0.2) is 0 Å². The lowest BCUT2D eigenvalue weighted by Gasteiger charge is -2.00. The number of rotatable bonds is 2. The smallest absolute Gasteiger partial charge is 0.122 e. The van der Waals surface area contributed by atoms with Crippen molar-refractivity contribution in [2.45, 2.75) is 18.9 Å². The fourth-order valence-corrected chi connectivity index (χ4v) is 2.10. The molecule has 1 N–H and O–H groups in total. The van der Waals surface area contributed by atoms with Gasteiger partial charge in [0.1, 0.15) is 4.64 Å². The standard InChI is InChI=1S/C10H12N4S/c1-13-9(4-5-11-13)8-6-10(15)14(12-8)7-2-3-7/h4-7,12H,2-3H2,1H3. The Morgan fingerprint density at radius 3 is 2.93 bits per heavy atom. The molecule has 0 aromatic carbocycles. The van der Waals surface area contributed by atoms with E-state index in [9.17, 15) is 0 Å². The highest BCUT2D eigenvalue weighted by atomic mass is 32.1. The summed E-state index contributed by atoms with van der Waals surface area (Å²) in [5.41, 5.74) is 2.12. The molecule has 0 radical (unpaired) electrons. The summed E-state index contributed by atoms with van der Waals surface area (Å²) in [6.07, 6.45) is 4.26. The van der Waals surface area contributed by atoms with Gasteiger partial charge in [-0.2, -0.15) is 5.10 Å². The maximum atomic E-state index is 5.31. The molecule has 4 nitrogen and oxygen atoms in total. The largest absolute Gasteiger partial charge is 0.295 e. The summed E-state index contributed by atoms with van der Waals surface area (Å²) >= 11 is 5.31. The Balaban J connectivity index is 2.10. The molecule has 0 saturated heterocycles. The van der Waals surface area contributed by atoms with Crippen molar-refractivity contribution >= 4 is 12.2 Å². The summed E-state index contributed by atoms with van der Waals surface area (Å²) < 4.78 is 4.81. The monoisotopic (exact) mass is 220 g/mol. The summed E-state index contributed by atoms with van der Waals surface area (Å²) in [6.45, 7) is 0. The van der Waals surface area contributed by atoms with Crippen LogP contribution in [0.15, 0.2) is 18.3 Å². The van der Waals surface area contributed by atoms with Crippen LogP contribution in [0.5, 0.6) is 0 Å². The summed E-state index contributed by atoms with van der Waals surface area (Å²) in [4.78, 5) is 0. The third kappa shape index (κ3) is 1.43. The summed E-state index contributed by atoms with van der Waals surface area (Å²) in [7, 11) is 1.93. The van der Waals surface area contributed by atoms with E-state index in [1.54, 1.807) is 6.20 Å². The quantitative estimate of drug-likeness (QED) is 0.788. The van der Waals surface area contributed by atoms with E-state index < -0.39 is 0 Å². The predicted molar refractivity (Wildman–Crippen MR) is 60.1 cm³/mol. The average molecular weight is 220 g/mol. The minimum atomic E-state index is 0.597. The van der Waals surface area contributed by atoms with Crippen LogP contribution in [-0.2, 0) is 7.05 Å². The van der Waals surface area contributed by atoms with Crippen LogP contribution < -0.4 is 0 Å². The molecule has 1 aliphatic carbocycles. The van der Waals surface area contributed by atoms with Crippen molar-refractivity contribution in [2.24, 2.45) is 7.05 Å². The first kappa shape index (κ1) is 8.91. The van der Waals surface area contributed by atoms with Gasteiger partial charge >= 0.3 is 0 Å². The Labute approximate surface area is 92.5 Å². The molecule has 0 bridgehead atoms. The topological polar surface area (TPSA) is 38.5 Å². The summed E-state index contributed by atoms with van der Waals surface area (Å²) in [5, 5.41) is 7.48. The maximum absolute atomic E-state index is 5.31. The van der Waals surface area contributed by atoms with E-state index in [0.717, 1.165) is 16.0 Å². The van der Waals surface area contributed by atoms with Gasteiger partial charge in [0.25, 0.3) is 0 Å². The zero-order valence-corrected chi connectivity index (χ0v) is 9.29. The molecule has 1 saturated carbocycles. The SMILES string of the molecule is Cn1nccc1-c1cc(=S)n(C2CC2)[nH]1. The fourth-order valence-electron chi connectivity index (χ4n) is 1.78. The van der Waals surface area contributed by atoms with Gasteiger partial charge in [0.2, 0.25) is 0 Å². The lowest BCUT2D eigenvalue weighted by Crippen LogP contribution is -1.98. The molecule has 2 aromatic heterocycles. The van der Waals surface area contributed by atoms with Crippen molar-refractivity contribution in [2.75, 3.05) is 0 Å². The molecule has 0 amide bonds. The highest BCUT2D eigenvalue weighted by Crippen LogP contribution is 2.35. The van der Waals surface area contributed by atoms with Gasteiger partial charge in [-0.3, -0.25) is 14.5 Å². The van der Waals surface area contributed by atoms with Crippen molar-refractivity contribution in [1.29, 1.82) is 0 Å². The third-order valence-corrected chi connectivity index (χ3v) is 3.07. The molecular weight excluding hydrogens is 208 g/mol. The number of nitrogens with zero attached hydrogens (tertiary/aromatic N) is 3. The number of aromatic nitrogens is 4. The summed E-state index contributed by atoms with van der Waals surface area (Å²) in [6, 6.07) is 4.59. The van der Waals surface area contributed by atoms with Crippen LogP contribution in [0.4, 0.5) is 0 Å². The molecule has 0 unspecified atom stereocenters. The first-order chi connectivity index (χ1) is 7.25. The number of H-pyrrole nitrogens is 1. The number of hydrogen-bond acceptors (Lipinski definition) is 2. The number of aromatic amines is 1. The first-order valence-electron chi connectivity index (χ1n) is 5.05. The normalized spacial score (nSPS) is 15.8. The Kier molecular flexibility index (Phi) is 1.82. The van der Waals surface area contributed by atoms with Gasteiger partial charge in [0.05, 0.1) is 17.4 Å². The molecule has 0 atom stereocenters. The van der Waals surface area contributed by atoms with Crippen molar-refractivity contribution in [3.05, 3.63) is 23.0 Å². The Bertz CT molecular complexity index is 544. The van der Waals surface area contributed by atoms with E-state index in [0.29, 0.717) is 6.04 Å². The lowest BCUT2D eigenvalue weighted by atomic mass is 10.3. The molecule has 2 aromatic rings. The van der Waals surface area contributed by atoms with Crippen molar-refractivity contribution in [3.8, 4) is 11.4 Å². The van der Waals surface area contributed by atoms with E-state index in [1.165, 1.54) is 12.8 Å². The van der Waals surface area contributed by atoms with Crippen molar-refractivity contribution in [1.82, 2.24) is 19.6 Å². The Morgan fingerprint density at radius 1 is 1.53 bits per heavy atom. The van der Waals surface area contributed by atoms with Gasteiger partial charge < -0.3 is 0 Å². The zero-order chi connectivity index (χ0) is 10.4. The van der Waals surface area contributed by atoms with E-state index in [1.807, 2.05) is 23.9 Å². The number of hydrogen-bond donors (Lipinski definition) is 1. The minimum absolute atomic E-state index is 0.597. The van der Waals surface area contributed by atoms with Crippen molar-refractivity contribution in [3.63, 3.8) is 0 Å². The molecule has 0 spiro atoms. The Morgan fingerprint density at radius 2 is 2.33 bits per heavy atom. The van der Waals surface area contributed by atoms with E-state index >= 15 is 0 Å². The lowest BCUT2D eigenvalue weighted by molar-refractivity contribution is 0.633. The molecule has 78 valence electrons. The van der Waals surface area contributed by atoms with Crippen LogP contribution in [-0.4, -0.2) is 19.6 Å². The second-order valence-corrected chi connectivity index (χ2v) is 4.37. The minimum Gasteiger partial charge on any atom is -0.295 e. The Hall–Kier alpha value is -1.36. The second kappa shape index (κ2) is 3.06. The van der Waals surface area contributed by atoms with Crippen LogP contribution in [0.1, 0.15) is 18.9 Å². The fraction of sp³-hybridized carbons (Fsp3) is 0.400.